The Morgan fingerprint density at radius 2 is 1.73 bits per heavy atom. The van der Waals surface area contributed by atoms with Gasteiger partial charge in [0.25, 0.3) is 5.91 Å². The molecular formula is C33H36N4O3. The summed E-state index contributed by atoms with van der Waals surface area (Å²) in [6.45, 7) is 6.95. The molecule has 5 rings (SSSR count). The van der Waals surface area contributed by atoms with Crippen molar-refractivity contribution in [3.63, 3.8) is 0 Å². The van der Waals surface area contributed by atoms with Crippen LogP contribution in [-0.4, -0.2) is 59.7 Å². The number of fused-ring (bicyclic) bond motifs is 1. The van der Waals surface area contributed by atoms with E-state index in [1.54, 1.807) is 19.0 Å². The number of carbonyl (C=O) groups is 3. The van der Waals surface area contributed by atoms with E-state index in [1.165, 1.54) is 12.5 Å². The van der Waals surface area contributed by atoms with Gasteiger partial charge in [-0.15, -0.1) is 0 Å². The maximum Gasteiger partial charge on any atom is 0.253 e. The summed E-state index contributed by atoms with van der Waals surface area (Å²) >= 11 is 0. The van der Waals surface area contributed by atoms with Crippen LogP contribution in [0.1, 0.15) is 66.2 Å². The third-order valence-electron chi connectivity index (χ3n) is 8.21. The number of pyridine rings is 1. The van der Waals surface area contributed by atoms with Crippen LogP contribution in [0.5, 0.6) is 0 Å². The topological polar surface area (TPSA) is 82.6 Å². The molecule has 7 nitrogen and oxygen atoms in total. The van der Waals surface area contributed by atoms with Crippen LogP contribution in [0.4, 0.5) is 5.69 Å². The molecule has 1 saturated heterocycles. The van der Waals surface area contributed by atoms with E-state index in [0.29, 0.717) is 18.7 Å². The molecule has 7 heteroatoms. The molecule has 0 spiro atoms. The van der Waals surface area contributed by atoms with Gasteiger partial charge >= 0.3 is 0 Å². The van der Waals surface area contributed by atoms with Crippen molar-refractivity contribution in [2.75, 3.05) is 32.5 Å². The third-order valence-corrected chi connectivity index (χ3v) is 8.21. The minimum absolute atomic E-state index is 0.0231. The smallest absolute Gasteiger partial charge is 0.253 e. The van der Waals surface area contributed by atoms with Crippen molar-refractivity contribution in [3.05, 3.63) is 88.8 Å². The number of hydrogen-bond donors (Lipinski definition) is 1. The summed E-state index contributed by atoms with van der Waals surface area (Å²) in [5.74, 6) is 0.158. The minimum atomic E-state index is -0.139. The molecule has 1 aromatic heterocycles. The fourth-order valence-corrected chi connectivity index (χ4v) is 5.92. The fourth-order valence-electron chi connectivity index (χ4n) is 5.92. The number of nitrogens with zero attached hydrogens (tertiary/aromatic N) is 3. The number of anilines is 1. The molecule has 40 heavy (non-hydrogen) atoms. The Labute approximate surface area is 235 Å². The highest BCUT2D eigenvalue weighted by atomic mass is 16.2. The summed E-state index contributed by atoms with van der Waals surface area (Å²) in [5.41, 5.74) is 7.99. The second-order valence-corrected chi connectivity index (χ2v) is 11.1. The Morgan fingerprint density at radius 3 is 2.38 bits per heavy atom. The lowest BCUT2D eigenvalue weighted by Gasteiger charge is -2.37. The molecule has 0 saturated carbocycles. The number of amides is 3. The van der Waals surface area contributed by atoms with Crippen LogP contribution in [0.15, 0.2) is 66.4 Å². The first kappa shape index (κ1) is 27.3. The largest absolute Gasteiger partial charge is 0.345 e. The lowest BCUT2D eigenvalue weighted by molar-refractivity contribution is -0.138. The standard InChI is InChI=1S/C33H36N4O3/c1-20-26(18-30-29(14-16-34-31(20)30)24-10-12-27(13-11-24)35-22(3)38)19-37-17-15-28(21(2)32(37)39)23-6-8-25(9-7-23)33(40)36(4)5/h6-14,16,18,20-21,28H,15,17,19H2,1-5H3,(H,35,38)/t20?,21-,28?/m0/s1. The average Bonchev–Trinajstić information content (AvgIpc) is 3.26. The Balaban J connectivity index is 1.31. The van der Waals surface area contributed by atoms with Crippen LogP contribution in [-0.2, 0) is 9.59 Å². The third kappa shape index (κ3) is 5.28. The van der Waals surface area contributed by atoms with Gasteiger partial charge < -0.3 is 15.1 Å². The van der Waals surface area contributed by atoms with E-state index in [-0.39, 0.29) is 35.5 Å². The van der Waals surface area contributed by atoms with Gasteiger partial charge in [0.15, 0.2) is 0 Å². The van der Waals surface area contributed by atoms with Crippen molar-refractivity contribution >= 4 is 29.5 Å². The van der Waals surface area contributed by atoms with Crippen molar-refractivity contribution < 1.29 is 14.4 Å². The van der Waals surface area contributed by atoms with E-state index in [0.717, 1.165) is 40.1 Å². The van der Waals surface area contributed by atoms with Gasteiger partial charge in [-0.3, -0.25) is 19.4 Å². The van der Waals surface area contributed by atoms with Crippen molar-refractivity contribution in [2.45, 2.75) is 39.0 Å². The second-order valence-electron chi connectivity index (χ2n) is 11.1. The molecular weight excluding hydrogens is 500 g/mol. The molecule has 2 aromatic carbocycles. The monoisotopic (exact) mass is 536 g/mol. The fraction of sp³-hybridized carbons (Fsp3) is 0.333. The molecule has 206 valence electrons. The van der Waals surface area contributed by atoms with Gasteiger partial charge in [-0.25, -0.2) is 0 Å². The summed E-state index contributed by atoms with van der Waals surface area (Å²) < 4.78 is 0. The molecule has 1 N–H and O–H groups in total. The van der Waals surface area contributed by atoms with E-state index in [9.17, 15) is 14.4 Å². The van der Waals surface area contributed by atoms with E-state index < -0.39 is 0 Å². The molecule has 2 aliphatic rings. The number of likely N-dealkylation sites (tertiary alicyclic amines) is 1. The molecule has 1 fully saturated rings. The highest BCUT2D eigenvalue weighted by molar-refractivity contribution is 5.94. The molecule has 3 amide bonds. The van der Waals surface area contributed by atoms with E-state index in [1.807, 2.05) is 72.6 Å². The second kappa shape index (κ2) is 11.1. The summed E-state index contributed by atoms with van der Waals surface area (Å²) in [4.78, 5) is 45.4. The molecule has 3 atom stereocenters. The van der Waals surface area contributed by atoms with Crippen LogP contribution in [0.3, 0.4) is 0 Å². The van der Waals surface area contributed by atoms with Gasteiger partial charge in [-0.2, -0.15) is 0 Å². The molecule has 1 aliphatic carbocycles. The zero-order valence-electron chi connectivity index (χ0n) is 23.8. The van der Waals surface area contributed by atoms with Gasteiger partial charge in [0, 0.05) is 69.0 Å². The molecule has 2 unspecified atom stereocenters. The lowest BCUT2D eigenvalue weighted by atomic mass is 9.80. The van der Waals surface area contributed by atoms with Gasteiger partial charge in [0.2, 0.25) is 11.8 Å². The predicted octanol–water partition coefficient (Wildman–Crippen LogP) is 5.56. The number of aromatic nitrogens is 1. The van der Waals surface area contributed by atoms with Crippen LogP contribution in [0.25, 0.3) is 17.2 Å². The Kier molecular flexibility index (Phi) is 7.57. The normalized spacial score (nSPS) is 20.1. The van der Waals surface area contributed by atoms with E-state index in [2.05, 4.69) is 18.3 Å². The Hall–Kier alpha value is -4.26. The van der Waals surface area contributed by atoms with Gasteiger partial charge in [-0.1, -0.05) is 44.2 Å². The maximum absolute atomic E-state index is 13.5. The number of benzene rings is 2. The summed E-state index contributed by atoms with van der Waals surface area (Å²) in [7, 11) is 3.49. The van der Waals surface area contributed by atoms with Crippen molar-refractivity contribution in [1.29, 1.82) is 0 Å². The minimum Gasteiger partial charge on any atom is -0.345 e. The molecule has 0 radical (unpaired) electrons. The lowest BCUT2D eigenvalue weighted by Crippen LogP contribution is -2.44. The van der Waals surface area contributed by atoms with Crippen LogP contribution >= 0.6 is 0 Å². The first-order valence-corrected chi connectivity index (χ1v) is 13.8. The van der Waals surface area contributed by atoms with Gasteiger partial charge in [0.05, 0.1) is 5.69 Å². The van der Waals surface area contributed by atoms with Crippen molar-refractivity contribution in [3.8, 4) is 11.1 Å². The average molecular weight is 537 g/mol. The summed E-state index contributed by atoms with van der Waals surface area (Å²) in [5, 5.41) is 2.81. The van der Waals surface area contributed by atoms with Crippen LogP contribution < -0.4 is 5.32 Å². The quantitative estimate of drug-likeness (QED) is 0.447. The summed E-state index contributed by atoms with van der Waals surface area (Å²) in [6, 6.07) is 17.6. The zero-order valence-corrected chi connectivity index (χ0v) is 23.8. The van der Waals surface area contributed by atoms with Gasteiger partial charge in [-0.05, 0) is 64.9 Å². The SMILES string of the molecule is CC(=O)Nc1ccc(-c2ccnc3c2C=C(CN2CCC(c4ccc(C(=O)N(C)C)cc4)[C@H](C)C2=O)C3C)cc1. The zero-order chi connectivity index (χ0) is 28.6. The number of piperidine rings is 1. The first-order valence-electron chi connectivity index (χ1n) is 13.8. The summed E-state index contributed by atoms with van der Waals surface area (Å²) in [6.07, 6.45) is 4.93. The van der Waals surface area contributed by atoms with E-state index in [4.69, 9.17) is 4.98 Å². The maximum atomic E-state index is 13.5. The number of rotatable bonds is 6. The van der Waals surface area contributed by atoms with Gasteiger partial charge in [0.1, 0.15) is 0 Å². The first-order chi connectivity index (χ1) is 19.1. The highest BCUT2D eigenvalue weighted by Gasteiger charge is 2.36. The van der Waals surface area contributed by atoms with Crippen LogP contribution in [0, 0.1) is 5.92 Å². The van der Waals surface area contributed by atoms with Crippen molar-refractivity contribution in [2.24, 2.45) is 5.92 Å². The highest BCUT2D eigenvalue weighted by Crippen LogP contribution is 2.41. The Morgan fingerprint density at radius 1 is 1.02 bits per heavy atom. The number of nitrogens with one attached hydrogen (secondary N) is 1. The number of hydrogen-bond acceptors (Lipinski definition) is 4. The molecule has 1 aliphatic heterocycles. The number of carbonyl (C=O) groups excluding carboxylic acids is 3. The molecule has 0 bridgehead atoms. The Bertz CT molecular complexity index is 1470. The predicted molar refractivity (Wildman–Crippen MR) is 158 cm³/mol. The van der Waals surface area contributed by atoms with Crippen LogP contribution in [0.2, 0.25) is 0 Å². The van der Waals surface area contributed by atoms with Crippen molar-refractivity contribution in [1.82, 2.24) is 14.8 Å². The van der Waals surface area contributed by atoms with E-state index >= 15 is 0 Å². The molecule has 2 heterocycles. The molecule has 3 aromatic rings.